The van der Waals surface area contributed by atoms with E-state index in [9.17, 15) is 4.79 Å². The highest BCUT2D eigenvalue weighted by atomic mass is 35.5. The monoisotopic (exact) mass is 456 g/mol. The first kappa shape index (κ1) is 21.0. The average molecular weight is 457 g/mol. The lowest BCUT2D eigenvalue weighted by Crippen LogP contribution is -2.26. The van der Waals surface area contributed by atoms with Crippen LogP contribution in [0.15, 0.2) is 35.5 Å². The van der Waals surface area contributed by atoms with Gasteiger partial charge in [0.1, 0.15) is 10.7 Å². The number of rotatable bonds is 7. The van der Waals surface area contributed by atoms with Gasteiger partial charge < -0.3 is 14.8 Å². The fourth-order valence-corrected chi connectivity index (χ4v) is 3.92. The molecule has 2 aliphatic rings. The third kappa shape index (κ3) is 4.49. The number of hydrogen-bond donors (Lipinski definition) is 1. The third-order valence-electron chi connectivity index (χ3n) is 5.73. The zero-order chi connectivity index (χ0) is 22.1. The highest BCUT2D eigenvalue weighted by Gasteiger charge is 2.25. The van der Waals surface area contributed by atoms with Gasteiger partial charge in [0.15, 0.2) is 5.75 Å². The van der Waals surface area contributed by atoms with Gasteiger partial charge in [0, 0.05) is 19.2 Å². The summed E-state index contributed by atoms with van der Waals surface area (Å²) in [6, 6.07) is 3.90. The van der Waals surface area contributed by atoms with Gasteiger partial charge in [0.25, 0.3) is 5.56 Å². The Hall–Kier alpha value is -2.91. The molecule has 1 aliphatic carbocycles. The first-order valence-corrected chi connectivity index (χ1v) is 11.3. The van der Waals surface area contributed by atoms with E-state index in [4.69, 9.17) is 21.1 Å². The van der Waals surface area contributed by atoms with Crippen molar-refractivity contribution in [2.45, 2.75) is 38.6 Å². The summed E-state index contributed by atoms with van der Waals surface area (Å²) in [6.07, 6.45) is 9.45. The molecule has 1 saturated carbocycles. The van der Waals surface area contributed by atoms with E-state index >= 15 is 0 Å². The summed E-state index contributed by atoms with van der Waals surface area (Å²) >= 11 is 6.33. The number of aromatic nitrogens is 5. The quantitative estimate of drug-likeness (QED) is 0.578. The van der Waals surface area contributed by atoms with E-state index in [0.29, 0.717) is 41.5 Å². The molecule has 1 unspecified atom stereocenters. The Morgan fingerprint density at radius 3 is 2.88 bits per heavy atom. The summed E-state index contributed by atoms with van der Waals surface area (Å²) in [5.74, 6) is 1.49. The SMILES string of the molecule is Cc1nn(C2CC2)cc1Oc1ccc(-n2ncc(NCC3CCCOC3)c(Cl)c2=O)cn1. The van der Waals surface area contributed by atoms with Crippen molar-refractivity contribution >= 4 is 17.3 Å². The molecule has 0 radical (unpaired) electrons. The van der Waals surface area contributed by atoms with Crippen LogP contribution in [0.3, 0.4) is 0 Å². The molecule has 3 aromatic rings. The van der Waals surface area contributed by atoms with Gasteiger partial charge in [-0.25, -0.2) is 4.98 Å². The van der Waals surface area contributed by atoms with Gasteiger partial charge in [-0.3, -0.25) is 9.48 Å². The molecule has 0 bridgehead atoms. The molecule has 0 aromatic carbocycles. The zero-order valence-electron chi connectivity index (χ0n) is 17.8. The minimum Gasteiger partial charge on any atom is -0.435 e. The van der Waals surface area contributed by atoms with E-state index in [2.05, 4.69) is 20.5 Å². The van der Waals surface area contributed by atoms with Crippen LogP contribution in [0.1, 0.15) is 37.4 Å². The lowest BCUT2D eigenvalue weighted by molar-refractivity contribution is 0.0595. The van der Waals surface area contributed by atoms with Crippen LogP contribution >= 0.6 is 11.6 Å². The molecule has 4 heterocycles. The van der Waals surface area contributed by atoms with Crippen LogP contribution < -0.4 is 15.6 Å². The van der Waals surface area contributed by atoms with Gasteiger partial charge in [-0.05, 0) is 44.6 Å². The van der Waals surface area contributed by atoms with Crippen molar-refractivity contribution in [1.82, 2.24) is 24.5 Å². The summed E-state index contributed by atoms with van der Waals surface area (Å²) in [5.41, 5.74) is 1.43. The Morgan fingerprint density at radius 2 is 2.16 bits per heavy atom. The van der Waals surface area contributed by atoms with Gasteiger partial charge in [0.05, 0.1) is 42.6 Å². The second-order valence-corrected chi connectivity index (χ2v) is 8.68. The second-order valence-electron chi connectivity index (χ2n) is 8.30. The van der Waals surface area contributed by atoms with Crippen LogP contribution in [0.5, 0.6) is 11.6 Å². The molecule has 168 valence electrons. The minimum atomic E-state index is -0.409. The van der Waals surface area contributed by atoms with Crippen LogP contribution in [-0.2, 0) is 4.74 Å². The second kappa shape index (κ2) is 8.91. The number of anilines is 1. The number of hydrogen-bond acceptors (Lipinski definition) is 7. The zero-order valence-corrected chi connectivity index (χ0v) is 18.6. The van der Waals surface area contributed by atoms with Crippen molar-refractivity contribution < 1.29 is 9.47 Å². The van der Waals surface area contributed by atoms with E-state index in [0.717, 1.165) is 44.6 Å². The van der Waals surface area contributed by atoms with Crippen LogP contribution in [0.4, 0.5) is 5.69 Å². The van der Waals surface area contributed by atoms with Crippen molar-refractivity contribution in [3.05, 3.63) is 51.8 Å². The molecule has 9 nitrogen and oxygen atoms in total. The summed E-state index contributed by atoms with van der Waals surface area (Å²) < 4.78 is 14.5. The molecule has 1 N–H and O–H groups in total. The van der Waals surface area contributed by atoms with Crippen molar-refractivity contribution in [3.63, 3.8) is 0 Å². The summed E-state index contributed by atoms with van der Waals surface area (Å²) in [6.45, 7) is 4.13. The Labute approximate surface area is 190 Å². The van der Waals surface area contributed by atoms with E-state index in [-0.39, 0.29) is 5.02 Å². The van der Waals surface area contributed by atoms with Crippen molar-refractivity contribution in [1.29, 1.82) is 0 Å². The molecule has 32 heavy (non-hydrogen) atoms. The predicted octanol–water partition coefficient (Wildman–Crippen LogP) is 3.75. The Kier molecular flexibility index (Phi) is 5.84. The molecule has 1 saturated heterocycles. The standard InChI is InChI=1S/C22H25ClN6O3/c1-14-19(12-28(27-14)16-4-5-16)32-20-7-6-17(10-25-20)29-22(30)21(23)18(11-26-29)24-9-15-3-2-8-31-13-15/h6-7,10-12,15-16,24H,2-5,8-9,13H2,1H3. The molecule has 0 amide bonds. The van der Waals surface area contributed by atoms with Gasteiger partial charge in [-0.2, -0.15) is 14.9 Å². The molecule has 2 fully saturated rings. The largest absolute Gasteiger partial charge is 0.435 e. The van der Waals surface area contributed by atoms with Crippen molar-refractivity contribution in [3.8, 4) is 17.3 Å². The molecule has 10 heteroatoms. The van der Waals surface area contributed by atoms with Crippen molar-refractivity contribution in [2.75, 3.05) is 25.1 Å². The summed E-state index contributed by atoms with van der Waals surface area (Å²) in [4.78, 5) is 17.1. The van der Waals surface area contributed by atoms with Crippen LogP contribution in [0.25, 0.3) is 5.69 Å². The molecular weight excluding hydrogens is 432 g/mol. The number of nitrogens with one attached hydrogen (secondary N) is 1. The maximum Gasteiger partial charge on any atom is 0.292 e. The van der Waals surface area contributed by atoms with Gasteiger partial charge >= 0.3 is 0 Å². The fraction of sp³-hybridized carbons (Fsp3) is 0.455. The normalized spacial score (nSPS) is 18.5. The smallest absolute Gasteiger partial charge is 0.292 e. The van der Waals surface area contributed by atoms with Gasteiger partial charge in [-0.15, -0.1) is 0 Å². The number of pyridine rings is 1. The number of aryl methyl sites for hydroxylation is 1. The lowest BCUT2D eigenvalue weighted by Gasteiger charge is -2.22. The molecule has 5 rings (SSSR count). The van der Waals surface area contributed by atoms with Gasteiger partial charge in [0.2, 0.25) is 5.88 Å². The maximum absolute atomic E-state index is 12.8. The predicted molar refractivity (Wildman–Crippen MR) is 120 cm³/mol. The summed E-state index contributed by atoms with van der Waals surface area (Å²) in [5, 5.41) is 12.1. The summed E-state index contributed by atoms with van der Waals surface area (Å²) in [7, 11) is 0. The third-order valence-corrected chi connectivity index (χ3v) is 6.09. The molecule has 1 aliphatic heterocycles. The fourth-order valence-electron chi connectivity index (χ4n) is 3.72. The topological polar surface area (TPSA) is 96.1 Å². The maximum atomic E-state index is 12.8. The van der Waals surface area contributed by atoms with Crippen LogP contribution in [0.2, 0.25) is 5.02 Å². The molecule has 3 aromatic heterocycles. The van der Waals surface area contributed by atoms with Crippen LogP contribution in [-0.4, -0.2) is 44.3 Å². The highest BCUT2D eigenvalue weighted by molar-refractivity contribution is 6.32. The minimum absolute atomic E-state index is 0.0974. The van der Waals surface area contributed by atoms with E-state index in [1.807, 2.05) is 17.8 Å². The van der Waals surface area contributed by atoms with E-state index in [1.165, 1.54) is 10.9 Å². The number of ether oxygens (including phenoxy) is 2. The average Bonchev–Trinajstić information content (AvgIpc) is 3.60. The molecular formula is C22H25ClN6O3. The first-order valence-electron chi connectivity index (χ1n) is 10.9. The highest BCUT2D eigenvalue weighted by Crippen LogP contribution is 2.36. The van der Waals surface area contributed by atoms with Crippen molar-refractivity contribution in [2.24, 2.45) is 5.92 Å². The molecule has 0 spiro atoms. The Bertz CT molecular complexity index is 1150. The first-order chi connectivity index (χ1) is 15.6. The number of nitrogens with zero attached hydrogens (tertiary/aromatic N) is 5. The Balaban J connectivity index is 1.28. The van der Waals surface area contributed by atoms with E-state index < -0.39 is 5.56 Å². The van der Waals surface area contributed by atoms with Crippen LogP contribution in [0, 0.1) is 12.8 Å². The molecule has 1 atom stereocenters. The van der Waals surface area contributed by atoms with Gasteiger partial charge in [-0.1, -0.05) is 11.6 Å². The number of halogens is 1. The lowest BCUT2D eigenvalue weighted by atomic mass is 10.0. The Morgan fingerprint density at radius 1 is 1.28 bits per heavy atom. The van der Waals surface area contributed by atoms with E-state index in [1.54, 1.807) is 18.3 Å².